The van der Waals surface area contributed by atoms with Gasteiger partial charge in [0.05, 0.1) is 18.2 Å². The van der Waals surface area contributed by atoms with Gasteiger partial charge in [-0.15, -0.1) is 0 Å². The van der Waals surface area contributed by atoms with E-state index in [-0.39, 0.29) is 36.5 Å². The highest BCUT2D eigenvalue weighted by atomic mass is 16.5. The number of nitrogens with zero attached hydrogens (tertiary/aromatic N) is 2. The fraction of sp³-hybridized carbons (Fsp3) is 0.409. The van der Waals surface area contributed by atoms with Crippen LogP contribution >= 0.6 is 0 Å². The summed E-state index contributed by atoms with van der Waals surface area (Å²) in [5.74, 6) is -0.00128. The number of fused-ring (bicyclic) bond motifs is 1. The van der Waals surface area contributed by atoms with Gasteiger partial charge in [0.25, 0.3) is 11.8 Å². The van der Waals surface area contributed by atoms with Gasteiger partial charge in [-0.25, -0.2) is 0 Å². The molecule has 1 aromatic heterocycles. The summed E-state index contributed by atoms with van der Waals surface area (Å²) < 4.78 is 6.17. The van der Waals surface area contributed by atoms with E-state index in [0.29, 0.717) is 35.7 Å². The molecule has 1 aliphatic rings. The molecule has 8 heteroatoms. The first kappa shape index (κ1) is 21.7. The first-order valence-corrected chi connectivity index (χ1v) is 10.0. The molecule has 0 saturated carbocycles. The van der Waals surface area contributed by atoms with E-state index >= 15 is 0 Å². The Morgan fingerprint density at radius 2 is 2.07 bits per heavy atom. The summed E-state index contributed by atoms with van der Waals surface area (Å²) in [6.45, 7) is 4.79. The molecule has 3 rings (SSSR count). The number of hydrogen-bond donors (Lipinski definition) is 3. The number of anilines is 1. The van der Waals surface area contributed by atoms with Gasteiger partial charge in [-0.05, 0) is 44.3 Å². The van der Waals surface area contributed by atoms with Gasteiger partial charge >= 0.3 is 0 Å². The predicted molar refractivity (Wildman–Crippen MR) is 114 cm³/mol. The summed E-state index contributed by atoms with van der Waals surface area (Å²) in [7, 11) is 1.85. The fourth-order valence-corrected chi connectivity index (χ4v) is 3.45. The Labute approximate surface area is 176 Å². The number of carbonyl (C=O) groups is 2. The second kappa shape index (κ2) is 9.69. The molecule has 30 heavy (non-hydrogen) atoms. The van der Waals surface area contributed by atoms with Crippen LogP contribution in [0.2, 0.25) is 0 Å². The van der Waals surface area contributed by atoms with Gasteiger partial charge < -0.3 is 25.4 Å². The molecule has 2 amide bonds. The first-order chi connectivity index (χ1) is 14.4. The molecule has 2 heterocycles. The largest absolute Gasteiger partial charge is 0.488 e. The summed E-state index contributed by atoms with van der Waals surface area (Å²) in [5.41, 5.74) is 1.32. The molecule has 1 aromatic carbocycles. The maximum atomic E-state index is 13.3. The van der Waals surface area contributed by atoms with E-state index in [1.165, 1.54) is 0 Å². The number of nitrogens with one attached hydrogen (secondary N) is 2. The van der Waals surface area contributed by atoms with E-state index in [4.69, 9.17) is 4.74 Å². The Hall–Kier alpha value is -2.97. The first-order valence-electron chi connectivity index (χ1n) is 10.0. The molecule has 8 nitrogen and oxygen atoms in total. The van der Waals surface area contributed by atoms with E-state index in [1.54, 1.807) is 47.6 Å². The molecule has 3 atom stereocenters. The summed E-state index contributed by atoms with van der Waals surface area (Å²) in [5, 5.41) is 15.6. The van der Waals surface area contributed by atoms with Crippen molar-refractivity contribution in [3.8, 4) is 5.75 Å². The Morgan fingerprint density at radius 3 is 2.73 bits per heavy atom. The molecule has 0 unspecified atom stereocenters. The Balaban J connectivity index is 1.95. The van der Waals surface area contributed by atoms with Crippen molar-refractivity contribution >= 4 is 17.5 Å². The summed E-state index contributed by atoms with van der Waals surface area (Å²) >= 11 is 0. The number of pyridine rings is 1. The van der Waals surface area contributed by atoms with Crippen LogP contribution in [0.25, 0.3) is 0 Å². The number of ether oxygens (including phenoxy) is 1. The van der Waals surface area contributed by atoms with E-state index in [1.807, 2.05) is 20.9 Å². The molecular weight excluding hydrogens is 384 g/mol. The summed E-state index contributed by atoms with van der Waals surface area (Å²) in [6, 6.07) is 7.94. The lowest BCUT2D eigenvalue weighted by Crippen LogP contribution is -2.49. The molecule has 0 aliphatic carbocycles. The predicted octanol–water partition coefficient (Wildman–Crippen LogP) is 1.77. The third-order valence-electron chi connectivity index (χ3n) is 5.27. The fourth-order valence-electron chi connectivity index (χ4n) is 3.45. The van der Waals surface area contributed by atoms with Crippen molar-refractivity contribution in [3.05, 3.63) is 53.9 Å². The van der Waals surface area contributed by atoms with Crippen molar-refractivity contribution in [2.45, 2.75) is 26.0 Å². The molecular formula is C22H28N4O4. The van der Waals surface area contributed by atoms with E-state index in [9.17, 15) is 14.7 Å². The monoisotopic (exact) mass is 412 g/mol. The molecule has 0 bridgehead atoms. The maximum absolute atomic E-state index is 13.3. The molecule has 0 spiro atoms. The van der Waals surface area contributed by atoms with Gasteiger partial charge in [-0.2, -0.15) is 0 Å². The van der Waals surface area contributed by atoms with E-state index in [0.717, 1.165) is 0 Å². The van der Waals surface area contributed by atoms with Crippen molar-refractivity contribution in [1.29, 1.82) is 0 Å². The summed E-state index contributed by atoms with van der Waals surface area (Å²) in [6.07, 6.45) is 2.95. The number of aliphatic hydroxyl groups is 1. The highest BCUT2D eigenvalue weighted by molar-refractivity contribution is 6.05. The summed E-state index contributed by atoms with van der Waals surface area (Å²) in [4.78, 5) is 31.4. The van der Waals surface area contributed by atoms with Gasteiger partial charge in [-0.3, -0.25) is 14.6 Å². The second-order valence-electron chi connectivity index (χ2n) is 7.58. The number of likely N-dealkylation sites (N-methyl/N-ethyl adjacent to an activating group) is 1. The van der Waals surface area contributed by atoms with Gasteiger partial charge in [0, 0.05) is 42.7 Å². The average Bonchev–Trinajstić information content (AvgIpc) is 2.76. The third-order valence-corrected chi connectivity index (χ3v) is 5.27. The van der Waals surface area contributed by atoms with E-state index in [2.05, 4.69) is 15.6 Å². The lowest BCUT2D eigenvalue weighted by atomic mass is 9.99. The molecule has 0 radical (unpaired) electrons. The minimum absolute atomic E-state index is 0.0645. The van der Waals surface area contributed by atoms with E-state index < -0.39 is 0 Å². The Kier molecular flexibility index (Phi) is 7.02. The normalized spacial score (nSPS) is 19.9. The van der Waals surface area contributed by atoms with Crippen molar-refractivity contribution in [3.63, 3.8) is 0 Å². The van der Waals surface area contributed by atoms with Crippen LogP contribution in [-0.2, 0) is 0 Å². The van der Waals surface area contributed by atoms with Crippen molar-refractivity contribution in [1.82, 2.24) is 15.2 Å². The number of aliphatic hydroxyl groups excluding tert-OH is 1. The number of carbonyl (C=O) groups excluding carboxylic acids is 2. The number of benzene rings is 1. The molecule has 2 aromatic rings. The van der Waals surface area contributed by atoms with Crippen LogP contribution in [-0.4, -0.2) is 65.7 Å². The second-order valence-corrected chi connectivity index (χ2v) is 7.58. The zero-order valence-electron chi connectivity index (χ0n) is 17.5. The standard InChI is InChI=1S/C22H28N4O4/c1-14-12-26(15(2)13-27)22(29)18-10-17(4-5-19(18)30-20(14)11-23-3)25-21(28)16-6-8-24-9-7-16/h4-10,14-15,20,23,27H,11-13H2,1-3H3,(H,25,28)/t14-,15-,20-/m1/s1. The molecule has 3 N–H and O–H groups in total. The highest BCUT2D eigenvalue weighted by Gasteiger charge is 2.32. The molecule has 1 aliphatic heterocycles. The van der Waals surface area contributed by atoms with Gasteiger partial charge in [0.15, 0.2) is 0 Å². The van der Waals surface area contributed by atoms with Gasteiger partial charge in [0.2, 0.25) is 0 Å². The zero-order chi connectivity index (χ0) is 21.7. The minimum atomic E-state index is -0.337. The van der Waals surface area contributed by atoms with Crippen LogP contribution in [0.5, 0.6) is 5.75 Å². The molecule has 160 valence electrons. The van der Waals surface area contributed by atoms with Crippen LogP contribution in [0, 0.1) is 5.92 Å². The van der Waals surface area contributed by atoms with Crippen LogP contribution < -0.4 is 15.4 Å². The van der Waals surface area contributed by atoms with Crippen LogP contribution in [0.3, 0.4) is 0 Å². The smallest absolute Gasteiger partial charge is 0.258 e. The number of amides is 2. The third kappa shape index (κ3) is 4.77. The van der Waals surface area contributed by atoms with Gasteiger partial charge in [-0.1, -0.05) is 6.92 Å². The zero-order valence-corrected chi connectivity index (χ0v) is 17.5. The maximum Gasteiger partial charge on any atom is 0.258 e. The molecule has 0 fully saturated rings. The van der Waals surface area contributed by atoms with Crippen LogP contribution in [0.1, 0.15) is 34.6 Å². The lowest BCUT2D eigenvalue weighted by molar-refractivity contribution is 0.0415. The number of aromatic nitrogens is 1. The average molecular weight is 412 g/mol. The van der Waals surface area contributed by atoms with Crippen molar-refractivity contribution < 1.29 is 19.4 Å². The topological polar surface area (TPSA) is 104 Å². The van der Waals surface area contributed by atoms with Crippen LogP contribution in [0.15, 0.2) is 42.7 Å². The van der Waals surface area contributed by atoms with Crippen molar-refractivity contribution in [2.24, 2.45) is 5.92 Å². The van der Waals surface area contributed by atoms with Crippen molar-refractivity contribution in [2.75, 3.05) is 32.1 Å². The Morgan fingerprint density at radius 1 is 1.33 bits per heavy atom. The molecule has 0 saturated heterocycles. The highest BCUT2D eigenvalue weighted by Crippen LogP contribution is 2.30. The van der Waals surface area contributed by atoms with Gasteiger partial charge in [0.1, 0.15) is 11.9 Å². The lowest BCUT2D eigenvalue weighted by Gasteiger charge is -2.37. The number of hydrogen-bond acceptors (Lipinski definition) is 6. The SMILES string of the molecule is CNC[C@H]1Oc2ccc(NC(=O)c3ccncc3)cc2C(=O)N([C@H](C)CO)C[C@H]1C. The minimum Gasteiger partial charge on any atom is -0.488 e. The number of rotatable bonds is 6. The quantitative estimate of drug-likeness (QED) is 0.668. The van der Waals surface area contributed by atoms with Crippen LogP contribution in [0.4, 0.5) is 5.69 Å². The Bertz CT molecular complexity index is 890.